The number of benzene rings is 1. The number of hydrogen-bond acceptors (Lipinski definition) is 4. The molecule has 1 aromatic rings. The zero-order valence-electron chi connectivity index (χ0n) is 12.5. The van der Waals surface area contributed by atoms with Crippen LogP contribution in [0.25, 0.3) is 0 Å². The topological polar surface area (TPSA) is 42.5 Å². The van der Waals surface area contributed by atoms with E-state index in [9.17, 15) is 0 Å². The molecule has 4 heteroatoms. The third-order valence-electron chi connectivity index (χ3n) is 3.67. The molecule has 2 unspecified atom stereocenters. The van der Waals surface area contributed by atoms with E-state index in [4.69, 9.17) is 9.47 Å². The zero-order chi connectivity index (χ0) is 14.2. The second-order valence-electron chi connectivity index (χ2n) is 5.44. The van der Waals surface area contributed by atoms with Crippen LogP contribution in [0.4, 0.5) is 5.69 Å². The monoisotopic (exact) mass is 278 g/mol. The molecule has 20 heavy (non-hydrogen) atoms. The molecule has 0 aliphatic carbocycles. The Kier molecular flexibility index (Phi) is 6.15. The van der Waals surface area contributed by atoms with Crippen molar-refractivity contribution in [3.05, 3.63) is 24.3 Å². The molecule has 1 aliphatic heterocycles. The van der Waals surface area contributed by atoms with Gasteiger partial charge in [0.25, 0.3) is 0 Å². The Morgan fingerprint density at radius 1 is 1.20 bits per heavy atom. The van der Waals surface area contributed by atoms with Crippen molar-refractivity contribution in [2.24, 2.45) is 0 Å². The summed E-state index contributed by atoms with van der Waals surface area (Å²) in [6, 6.07) is 9.34. The van der Waals surface area contributed by atoms with E-state index in [1.54, 1.807) is 7.11 Å². The van der Waals surface area contributed by atoms with Gasteiger partial charge in [-0.2, -0.15) is 0 Å². The average Bonchev–Trinajstić information content (AvgIpc) is 2.47. The molecule has 2 N–H and O–H groups in total. The summed E-state index contributed by atoms with van der Waals surface area (Å²) in [4.78, 5) is 0. The predicted molar refractivity (Wildman–Crippen MR) is 82.5 cm³/mol. The average molecular weight is 278 g/mol. The number of piperidine rings is 1. The van der Waals surface area contributed by atoms with Gasteiger partial charge in [-0.05, 0) is 44.0 Å². The minimum Gasteiger partial charge on any atom is -0.491 e. The molecule has 1 heterocycles. The number of nitrogens with one attached hydrogen (secondary N) is 2. The molecule has 0 amide bonds. The lowest BCUT2D eigenvalue weighted by atomic mass is 9.99. The van der Waals surface area contributed by atoms with Gasteiger partial charge in [0.15, 0.2) is 0 Å². The van der Waals surface area contributed by atoms with Crippen molar-refractivity contribution in [2.75, 3.05) is 32.2 Å². The maximum absolute atomic E-state index is 5.54. The quantitative estimate of drug-likeness (QED) is 0.753. The molecule has 0 radical (unpaired) electrons. The Bertz CT molecular complexity index is 381. The van der Waals surface area contributed by atoms with Crippen LogP contribution in [0.5, 0.6) is 5.75 Å². The number of anilines is 1. The molecule has 0 saturated carbocycles. The van der Waals surface area contributed by atoms with Crippen molar-refractivity contribution in [1.29, 1.82) is 0 Å². The largest absolute Gasteiger partial charge is 0.491 e. The first-order valence-electron chi connectivity index (χ1n) is 7.49. The highest BCUT2D eigenvalue weighted by Gasteiger charge is 2.16. The minimum absolute atomic E-state index is 0.580. The van der Waals surface area contributed by atoms with Crippen LogP contribution >= 0.6 is 0 Å². The van der Waals surface area contributed by atoms with Crippen LogP contribution in [0.3, 0.4) is 0 Å². The Morgan fingerprint density at radius 3 is 2.70 bits per heavy atom. The standard InChI is InChI=1S/C16H26N2O2/c1-13-4-3-5-15(18-13)12-17-14-6-8-16(9-7-14)20-11-10-19-2/h6-9,13,15,17-18H,3-5,10-12H2,1-2H3. The molecule has 1 aromatic carbocycles. The first-order chi connectivity index (χ1) is 9.78. The van der Waals surface area contributed by atoms with Gasteiger partial charge in [0.05, 0.1) is 6.61 Å². The second-order valence-corrected chi connectivity index (χ2v) is 5.44. The van der Waals surface area contributed by atoms with Crippen LogP contribution in [0.15, 0.2) is 24.3 Å². The molecule has 4 nitrogen and oxygen atoms in total. The number of hydrogen-bond donors (Lipinski definition) is 2. The lowest BCUT2D eigenvalue weighted by Gasteiger charge is -2.29. The molecular weight excluding hydrogens is 252 g/mol. The number of ether oxygens (including phenoxy) is 2. The highest BCUT2D eigenvalue weighted by atomic mass is 16.5. The van der Waals surface area contributed by atoms with E-state index in [1.807, 2.05) is 12.1 Å². The fourth-order valence-electron chi connectivity index (χ4n) is 2.55. The summed E-state index contributed by atoms with van der Waals surface area (Å²) in [6.45, 7) is 4.45. The lowest BCUT2D eigenvalue weighted by molar-refractivity contribution is 0.146. The summed E-state index contributed by atoms with van der Waals surface area (Å²) >= 11 is 0. The van der Waals surface area contributed by atoms with Gasteiger partial charge < -0.3 is 20.1 Å². The molecule has 1 saturated heterocycles. The maximum atomic E-state index is 5.54. The summed E-state index contributed by atoms with van der Waals surface area (Å²) < 4.78 is 10.5. The van der Waals surface area contributed by atoms with Gasteiger partial charge in [-0.1, -0.05) is 6.42 Å². The number of methoxy groups -OCH3 is 1. The van der Waals surface area contributed by atoms with Gasteiger partial charge in [0.2, 0.25) is 0 Å². The van der Waals surface area contributed by atoms with Gasteiger partial charge in [0, 0.05) is 31.4 Å². The highest BCUT2D eigenvalue weighted by Crippen LogP contribution is 2.17. The molecular formula is C16H26N2O2. The SMILES string of the molecule is COCCOc1ccc(NCC2CCCC(C)N2)cc1. The second kappa shape index (κ2) is 8.12. The third kappa shape index (κ3) is 5.02. The Labute approximate surface area is 121 Å². The molecule has 2 rings (SSSR count). The Hall–Kier alpha value is -1.26. The van der Waals surface area contributed by atoms with E-state index >= 15 is 0 Å². The Morgan fingerprint density at radius 2 is 2.00 bits per heavy atom. The zero-order valence-corrected chi connectivity index (χ0v) is 12.5. The summed E-state index contributed by atoms with van der Waals surface area (Å²) in [5, 5.41) is 7.12. The summed E-state index contributed by atoms with van der Waals surface area (Å²) in [6.07, 6.45) is 3.88. The molecule has 0 bridgehead atoms. The van der Waals surface area contributed by atoms with Crippen molar-refractivity contribution in [3.63, 3.8) is 0 Å². The van der Waals surface area contributed by atoms with E-state index in [-0.39, 0.29) is 0 Å². The normalized spacial score (nSPS) is 22.5. The van der Waals surface area contributed by atoms with Gasteiger partial charge in [-0.25, -0.2) is 0 Å². The first kappa shape index (κ1) is 15.1. The lowest BCUT2D eigenvalue weighted by Crippen LogP contribution is -2.44. The first-order valence-corrected chi connectivity index (χ1v) is 7.49. The maximum Gasteiger partial charge on any atom is 0.119 e. The van der Waals surface area contributed by atoms with Crippen LogP contribution in [-0.4, -0.2) is 39.0 Å². The van der Waals surface area contributed by atoms with E-state index in [0.29, 0.717) is 25.3 Å². The van der Waals surface area contributed by atoms with Crippen molar-refractivity contribution in [2.45, 2.75) is 38.3 Å². The van der Waals surface area contributed by atoms with E-state index in [0.717, 1.165) is 18.0 Å². The van der Waals surface area contributed by atoms with Gasteiger partial charge >= 0.3 is 0 Å². The van der Waals surface area contributed by atoms with Gasteiger partial charge in [-0.3, -0.25) is 0 Å². The van der Waals surface area contributed by atoms with E-state index < -0.39 is 0 Å². The molecule has 0 spiro atoms. The molecule has 0 aromatic heterocycles. The Balaban J connectivity index is 1.73. The van der Waals surface area contributed by atoms with Crippen molar-refractivity contribution < 1.29 is 9.47 Å². The molecule has 1 fully saturated rings. The van der Waals surface area contributed by atoms with Crippen molar-refractivity contribution in [1.82, 2.24) is 5.32 Å². The molecule has 112 valence electrons. The predicted octanol–water partition coefficient (Wildman–Crippen LogP) is 2.65. The van der Waals surface area contributed by atoms with Crippen molar-refractivity contribution >= 4 is 5.69 Å². The van der Waals surface area contributed by atoms with Crippen LogP contribution in [0, 0.1) is 0 Å². The third-order valence-corrected chi connectivity index (χ3v) is 3.67. The van der Waals surface area contributed by atoms with Crippen LogP contribution < -0.4 is 15.4 Å². The van der Waals surface area contributed by atoms with Crippen LogP contribution in [0.2, 0.25) is 0 Å². The fourth-order valence-corrected chi connectivity index (χ4v) is 2.55. The summed E-state index contributed by atoms with van der Waals surface area (Å²) in [5.41, 5.74) is 1.14. The fraction of sp³-hybridized carbons (Fsp3) is 0.625. The van der Waals surface area contributed by atoms with Crippen LogP contribution in [0.1, 0.15) is 26.2 Å². The van der Waals surface area contributed by atoms with Gasteiger partial charge in [-0.15, -0.1) is 0 Å². The van der Waals surface area contributed by atoms with Gasteiger partial charge in [0.1, 0.15) is 12.4 Å². The van der Waals surface area contributed by atoms with E-state index in [2.05, 4.69) is 29.7 Å². The summed E-state index contributed by atoms with van der Waals surface area (Å²) in [5.74, 6) is 0.886. The van der Waals surface area contributed by atoms with E-state index in [1.165, 1.54) is 19.3 Å². The summed E-state index contributed by atoms with van der Waals surface area (Å²) in [7, 11) is 1.68. The molecule has 2 atom stereocenters. The smallest absolute Gasteiger partial charge is 0.119 e. The molecule has 1 aliphatic rings. The van der Waals surface area contributed by atoms with Crippen LogP contribution in [-0.2, 0) is 4.74 Å². The highest BCUT2D eigenvalue weighted by molar-refractivity contribution is 5.46. The number of rotatable bonds is 7. The minimum atomic E-state index is 0.580. The van der Waals surface area contributed by atoms with Crippen molar-refractivity contribution in [3.8, 4) is 5.75 Å².